The highest BCUT2D eigenvalue weighted by Crippen LogP contribution is 2.30. The van der Waals surface area contributed by atoms with Gasteiger partial charge in [0, 0.05) is 24.1 Å². The summed E-state index contributed by atoms with van der Waals surface area (Å²) in [7, 11) is 1.55. The van der Waals surface area contributed by atoms with Gasteiger partial charge in [-0.05, 0) is 18.9 Å². The molecule has 1 amide bonds. The normalized spacial score (nSPS) is 12.2. The largest absolute Gasteiger partial charge is 0.380 e. The van der Waals surface area contributed by atoms with Gasteiger partial charge in [0.25, 0.3) is 0 Å². The molecule has 0 aliphatic rings. The third-order valence-corrected chi connectivity index (χ3v) is 4.70. The van der Waals surface area contributed by atoms with Crippen LogP contribution in [0.25, 0.3) is 11.3 Å². The lowest BCUT2D eigenvalue weighted by molar-refractivity contribution is -0.118. The first-order valence-electron chi connectivity index (χ1n) is 8.16. The third-order valence-electron chi connectivity index (χ3n) is 3.82. The number of ether oxygens (including phenoxy) is 1. The van der Waals surface area contributed by atoms with E-state index >= 15 is 0 Å². The molecule has 1 aromatic carbocycles. The Bertz CT molecular complexity index is 663. The van der Waals surface area contributed by atoms with Gasteiger partial charge in [0.05, 0.1) is 18.2 Å². The van der Waals surface area contributed by atoms with E-state index < -0.39 is 0 Å². The highest BCUT2D eigenvalue weighted by molar-refractivity contribution is 7.16. The smallest absolute Gasteiger partial charge is 0.228 e. The number of thiazole rings is 1. The van der Waals surface area contributed by atoms with E-state index in [2.05, 4.69) is 41.5 Å². The minimum atomic E-state index is -0.267. The van der Waals surface area contributed by atoms with E-state index in [1.54, 1.807) is 7.11 Å². The van der Waals surface area contributed by atoms with Crippen LogP contribution in [-0.2, 0) is 16.0 Å². The number of rotatable bonds is 8. The average molecular weight is 347 g/mol. The number of aromatic nitrogens is 1. The maximum atomic E-state index is 12.0. The van der Waals surface area contributed by atoms with Crippen LogP contribution in [-0.4, -0.2) is 30.6 Å². The molecule has 0 aliphatic heterocycles. The van der Waals surface area contributed by atoms with Gasteiger partial charge in [-0.2, -0.15) is 0 Å². The van der Waals surface area contributed by atoms with Crippen molar-refractivity contribution >= 4 is 22.4 Å². The number of amides is 1. The van der Waals surface area contributed by atoms with E-state index in [0.29, 0.717) is 11.7 Å². The number of nitrogens with two attached hydrogens (primary N) is 1. The second kappa shape index (κ2) is 8.92. The van der Waals surface area contributed by atoms with Crippen LogP contribution in [0.15, 0.2) is 24.3 Å². The highest BCUT2D eigenvalue weighted by Gasteiger charge is 2.15. The first-order valence-corrected chi connectivity index (χ1v) is 8.98. The number of nitrogens with one attached hydrogen (secondary N) is 1. The van der Waals surface area contributed by atoms with E-state index in [1.807, 2.05) is 6.92 Å². The molecule has 0 aliphatic carbocycles. The number of hydrogen-bond acceptors (Lipinski definition) is 5. The van der Waals surface area contributed by atoms with Gasteiger partial charge in [-0.15, -0.1) is 11.3 Å². The van der Waals surface area contributed by atoms with Gasteiger partial charge >= 0.3 is 0 Å². The van der Waals surface area contributed by atoms with Gasteiger partial charge in [0.15, 0.2) is 5.13 Å². The Morgan fingerprint density at radius 3 is 2.67 bits per heavy atom. The summed E-state index contributed by atoms with van der Waals surface area (Å²) in [6.45, 7) is 4.50. The van der Waals surface area contributed by atoms with Gasteiger partial charge in [-0.25, -0.2) is 4.98 Å². The second-order valence-electron chi connectivity index (χ2n) is 5.72. The third kappa shape index (κ3) is 4.87. The number of carbonyl (C=O) groups is 1. The maximum Gasteiger partial charge on any atom is 0.228 e. The molecular weight excluding hydrogens is 322 g/mol. The van der Waals surface area contributed by atoms with Crippen LogP contribution in [0, 0.1) is 6.92 Å². The summed E-state index contributed by atoms with van der Waals surface area (Å²) in [6, 6.07) is 8.46. The Balaban J connectivity index is 2.08. The lowest BCUT2D eigenvalue weighted by Gasteiger charge is -2.11. The molecule has 24 heavy (non-hydrogen) atoms. The molecule has 0 fully saturated rings. The predicted molar refractivity (Wildman–Crippen MR) is 99.4 cm³/mol. The Labute approximate surface area is 147 Å². The number of benzene rings is 1. The van der Waals surface area contributed by atoms with Crippen molar-refractivity contribution in [1.29, 1.82) is 0 Å². The van der Waals surface area contributed by atoms with Crippen LogP contribution in [0.2, 0.25) is 0 Å². The van der Waals surface area contributed by atoms with Crippen molar-refractivity contribution in [2.75, 3.05) is 19.0 Å². The molecule has 1 heterocycles. The molecule has 130 valence electrons. The number of nitrogens with zero attached hydrogens (tertiary/aromatic N) is 1. The van der Waals surface area contributed by atoms with E-state index in [9.17, 15) is 4.79 Å². The van der Waals surface area contributed by atoms with Crippen molar-refractivity contribution in [2.24, 2.45) is 5.73 Å². The Kier molecular flexibility index (Phi) is 6.90. The first kappa shape index (κ1) is 18.6. The topological polar surface area (TPSA) is 77.2 Å². The van der Waals surface area contributed by atoms with Crippen molar-refractivity contribution in [3.05, 3.63) is 34.7 Å². The average Bonchev–Trinajstić information content (AvgIpc) is 2.94. The lowest BCUT2D eigenvalue weighted by atomic mass is 10.1. The van der Waals surface area contributed by atoms with Crippen molar-refractivity contribution < 1.29 is 9.53 Å². The van der Waals surface area contributed by atoms with Gasteiger partial charge in [0.2, 0.25) is 5.91 Å². The summed E-state index contributed by atoms with van der Waals surface area (Å²) in [5.41, 5.74) is 8.86. The summed E-state index contributed by atoms with van der Waals surface area (Å²) in [6.07, 6.45) is 2.18. The van der Waals surface area contributed by atoms with E-state index in [0.717, 1.165) is 29.0 Å². The molecule has 5 nitrogen and oxygen atoms in total. The second-order valence-corrected chi connectivity index (χ2v) is 6.92. The van der Waals surface area contributed by atoms with Crippen molar-refractivity contribution in [3.8, 4) is 11.3 Å². The molecule has 6 heteroatoms. The van der Waals surface area contributed by atoms with Crippen LogP contribution in [0.5, 0.6) is 0 Å². The van der Waals surface area contributed by atoms with Crippen LogP contribution < -0.4 is 11.1 Å². The van der Waals surface area contributed by atoms with Crippen molar-refractivity contribution in [3.63, 3.8) is 0 Å². The summed E-state index contributed by atoms with van der Waals surface area (Å²) in [5, 5.41) is 3.44. The monoisotopic (exact) mass is 347 g/mol. The Hall–Kier alpha value is -1.76. The Morgan fingerprint density at radius 1 is 1.38 bits per heavy atom. The summed E-state index contributed by atoms with van der Waals surface area (Å²) >= 11 is 1.48. The van der Waals surface area contributed by atoms with Gasteiger partial charge in [0.1, 0.15) is 0 Å². The van der Waals surface area contributed by atoms with E-state index in [1.165, 1.54) is 16.9 Å². The molecule has 3 N–H and O–H groups in total. The standard InChI is InChI=1S/C18H25N3O2S/c1-4-5-13-6-8-14(9-7-13)17-12(2)24-18(21-17)20-16(22)10-15(11-19)23-3/h6-9,15H,4-5,10-11,19H2,1-3H3,(H,20,21,22). The Morgan fingerprint density at radius 2 is 2.08 bits per heavy atom. The predicted octanol–water partition coefficient (Wildman–Crippen LogP) is 3.37. The molecule has 1 aromatic heterocycles. The molecule has 0 bridgehead atoms. The minimum absolute atomic E-state index is 0.133. The number of anilines is 1. The fraction of sp³-hybridized carbons (Fsp3) is 0.444. The van der Waals surface area contributed by atoms with Crippen molar-refractivity contribution in [2.45, 2.75) is 39.2 Å². The van der Waals surface area contributed by atoms with Crippen LogP contribution in [0.4, 0.5) is 5.13 Å². The molecule has 2 aromatic rings. The van der Waals surface area contributed by atoms with Crippen LogP contribution in [0.1, 0.15) is 30.2 Å². The fourth-order valence-electron chi connectivity index (χ4n) is 2.48. The first-order chi connectivity index (χ1) is 11.6. The number of hydrogen-bond donors (Lipinski definition) is 2. The molecule has 1 unspecified atom stereocenters. The summed E-state index contributed by atoms with van der Waals surface area (Å²) < 4.78 is 5.13. The van der Waals surface area contributed by atoms with Gasteiger partial charge in [-0.1, -0.05) is 37.6 Å². The van der Waals surface area contributed by atoms with Gasteiger partial charge < -0.3 is 15.8 Å². The zero-order valence-corrected chi connectivity index (χ0v) is 15.3. The maximum absolute atomic E-state index is 12.0. The molecular formula is C18H25N3O2S. The molecule has 0 saturated heterocycles. The number of carbonyl (C=O) groups excluding carboxylic acids is 1. The summed E-state index contributed by atoms with van der Waals surface area (Å²) in [5.74, 6) is -0.133. The van der Waals surface area contributed by atoms with E-state index in [-0.39, 0.29) is 18.4 Å². The van der Waals surface area contributed by atoms with Gasteiger partial charge in [-0.3, -0.25) is 4.79 Å². The van der Waals surface area contributed by atoms with Crippen LogP contribution >= 0.6 is 11.3 Å². The quantitative estimate of drug-likeness (QED) is 0.767. The lowest BCUT2D eigenvalue weighted by Crippen LogP contribution is -2.28. The van der Waals surface area contributed by atoms with Crippen LogP contribution in [0.3, 0.4) is 0 Å². The minimum Gasteiger partial charge on any atom is -0.380 e. The molecule has 2 rings (SSSR count). The molecule has 0 saturated carbocycles. The SMILES string of the molecule is CCCc1ccc(-c2nc(NC(=O)CC(CN)OC)sc2C)cc1. The number of aryl methyl sites for hydroxylation is 2. The zero-order chi connectivity index (χ0) is 17.5. The fourth-order valence-corrected chi connectivity index (χ4v) is 3.33. The van der Waals surface area contributed by atoms with E-state index in [4.69, 9.17) is 10.5 Å². The zero-order valence-electron chi connectivity index (χ0n) is 14.5. The number of methoxy groups -OCH3 is 1. The molecule has 1 atom stereocenters. The molecule has 0 spiro atoms. The highest BCUT2D eigenvalue weighted by atomic mass is 32.1. The summed E-state index contributed by atoms with van der Waals surface area (Å²) in [4.78, 5) is 17.7. The van der Waals surface area contributed by atoms with Crippen molar-refractivity contribution in [1.82, 2.24) is 4.98 Å². The molecule has 0 radical (unpaired) electrons.